The zero-order chi connectivity index (χ0) is 26.6. The number of rotatable bonds is 7. The topological polar surface area (TPSA) is 70.8 Å². The summed E-state index contributed by atoms with van der Waals surface area (Å²) in [5.74, 6) is 1.89. The van der Waals surface area contributed by atoms with Crippen LogP contribution in [0.1, 0.15) is 42.8 Å². The molecule has 7 nitrogen and oxygen atoms in total. The van der Waals surface area contributed by atoms with Gasteiger partial charge in [-0.1, -0.05) is 25.5 Å². The van der Waals surface area contributed by atoms with Gasteiger partial charge in [0.2, 0.25) is 0 Å². The molecule has 2 heterocycles. The first-order valence-electron chi connectivity index (χ1n) is 12.3. The molecule has 2 amide bonds. The van der Waals surface area contributed by atoms with Crippen molar-refractivity contribution >= 4 is 11.7 Å². The van der Waals surface area contributed by atoms with E-state index < -0.39 is 11.7 Å². The highest BCUT2D eigenvalue weighted by molar-refractivity contribution is 5.75. The molecular formula is C27H31F3N4O3. The Hall–Kier alpha value is -3.69. The van der Waals surface area contributed by atoms with E-state index in [4.69, 9.17) is 9.15 Å². The summed E-state index contributed by atoms with van der Waals surface area (Å²) in [5.41, 5.74) is 1.76. The van der Waals surface area contributed by atoms with Crippen molar-refractivity contribution < 1.29 is 27.1 Å². The van der Waals surface area contributed by atoms with Crippen LogP contribution in [0.5, 0.6) is 5.75 Å². The van der Waals surface area contributed by atoms with E-state index in [0.717, 1.165) is 29.8 Å². The lowest BCUT2D eigenvalue weighted by atomic mass is 10.0. The van der Waals surface area contributed by atoms with Crippen LogP contribution < -0.4 is 15.0 Å². The molecule has 3 aromatic rings. The lowest BCUT2D eigenvalue weighted by Crippen LogP contribution is -2.52. The number of amides is 2. The maximum atomic E-state index is 13.0. The third kappa shape index (κ3) is 6.18. The Morgan fingerprint density at radius 2 is 1.84 bits per heavy atom. The minimum atomic E-state index is -4.39. The molecule has 0 bridgehead atoms. The molecule has 37 heavy (non-hydrogen) atoms. The minimum Gasteiger partial charge on any atom is -0.496 e. The number of aryl methyl sites for hydroxylation is 1. The van der Waals surface area contributed by atoms with E-state index in [1.54, 1.807) is 25.1 Å². The first kappa shape index (κ1) is 26.4. The van der Waals surface area contributed by atoms with Crippen LogP contribution in [0.2, 0.25) is 0 Å². The van der Waals surface area contributed by atoms with Crippen LogP contribution in [0.15, 0.2) is 53.1 Å². The molecule has 198 valence electrons. The van der Waals surface area contributed by atoms with Gasteiger partial charge in [0.1, 0.15) is 5.75 Å². The number of benzene rings is 2. The van der Waals surface area contributed by atoms with Crippen molar-refractivity contribution in [3.63, 3.8) is 0 Å². The van der Waals surface area contributed by atoms with E-state index in [0.29, 0.717) is 55.6 Å². The number of carbonyl (C=O) groups is 1. The molecule has 10 heteroatoms. The number of alkyl halides is 3. The Bertz CT molecular complexity index is 1200. The SMILES string of the molecule is CCCC(NC(=O)N1CCN(c2ccc(-c3cnc(C)o3)c(OC)c2)CC1)c1ccc(C(F)(F)F)cc1. The number of methoxy groups -OCH3 is 1. The third-order valence-electron chi connectivity index (χ3n) is 6.52. The zero-order valence-corrected chi connectivity index (χ0v) is 21.1. The van der Waals surface area contributed by atoms with Gasteiger partial charge in [0, 0.05) is 44.9 Å². The number of hydrogen-bond acceptors (Lipinski definition) is 5. The molecule has 4 rings (SSSR count). The summed E-state index contributed by atoms with van der Waals surface area (Å²) in [7, 11) is 1.61. The van der Waals surface area contributed by atoms with Gasteiger partial charge in [-0.25, -0.2) is 9.78 Å². The van der Waals surface area contributed by atoms with Crippen LogP contribution in [0.4, 0.5) is 23.7 Å². The summed E-state index contributed by atoms with van der Waals surface area (Å²) < 4.78 is 50.0. The monoisotopic (exact) mass is 516 g/mol. The fraction of sp³-hybridized carbons (Fsp3) is 0.407. The molecular weight excluding hydrogens is 485 g/mol. The molecule has 1 saturated heterocycles. The molecule has 2 aromatic carbocycles. The van der Waals surface area contributed by atoms with Crippen molar-refractivity contribution in [1.82, 2.24) is 15.2 Å². The standard InChI is InChI=1S/C27H31F3N4O3/c1-4-5-23(19-6-8-20(9-7-19)27(28,29)30)32-26(35)34-14-12-33(13-15-34)21-10-11-22(24(16-21)36-3)25-17-31-18(2)37-25/h6-11,16-17,23H,4-5,12-15H2,1-3H3,(H,32,35). The van der Waals surface area contributed by atoms with Gasteiger partial charge in [0.25, 0.3) is 0 Å². The van der Waals surface area contributed by atoms with E-state index in [-0.39, 0.29) is 12.1 Å². The fourth-order valence-corrected chi connectivity index (χ4v) is 4.49. The highest BCUT2D eigenvalue weighted by Crippen LogP contribution is 2.34. The van der Waals surface area contributed by atoms with Crippen LogP contribution in [-0.2, 0) is 6.18 Å². The van der Waals surface area contributed by atoms with E-state index in [9.17, 15) is 18.0 Å². The number of aromatic nitrogens is 1. The molecule has 0 radical (unpaired) electrons. The number of urea groups is 1. The van der Waals surface area contributed by atoms with Crippen molar-refractivity contribution in [1.29, 1.82) is 0 Å². The second-order valence-electron chi connectivity index (χ2n) is 9.01. The van der Waals surface area contributed by atoms with E-state index >= 15 is 0 Å². The molecule has 1 N–H and O–H groups in total. The van der Waals surface area contributed by atoms with Crippen molar-refractivity contribution in [2.24, 2.45) is 0 Å². The highest BCUT2D eigenvalue weighted by Gasteiger charge is 2.30. The summed E-state index contributed by atoms with van der Waals surface area (Å²) in [6.07, 6.45) is -1.30. The minimum absolute atomic E-state index is 0.216. The molecule has 1 unspecified atom stereocenters. The Kier molecular flexibility index (Phi) is 7.94. The summed E-state index contributed by atoms with van der Waals surface area (Å²) in [6.45, 7) is 6.07. The van der Waals surface area contributed by atoms with E-state index in [2.05, 4.69) is 15.2 Å². The van der Waals surface area contributed by atoms with Gasteiger partial charge in [0.15, 0.2) is 11.7 Å². The van der Waals surface area contributed by atoms with E-state index in [1.165, 1.54) is 12.1 Å². The second kappa shape index (κ2) is 11.1. The largest absolute Gasteiger partial charge is 0.496 e. The summed E-state index contributed by atoms with van der Waals surface area (Å²) in [6, 6.07) is 10.3. The van der Waals surface area contributed by atoms with Crippen LogP contribution >= 0.6 is 0 Å². The van der Waals surface area contributed by atoms with Crippen molar-refractivity contribution in [2.75, 3.05) is 38.2 Å². The van der Waals surface area contributed by atoms with Crippen LogP contribution in [0.25, 0.3) is 11.3 Å². The lowest BCUT2D eigenvalue weighted by molar-refractivity contribution is -0.137. The Morgan fingerprint density at radius 3 is 2.41 bits per heavy atom. The second-order valence-corrected chi connectivity index (χ2v) is 9.01. The normalized spacial score (nSPS) is 15.0. The zero-order valence-electron chi connectivity index (χ0n) is 21.1. The van der Waals surface area contributed by atoms with Crippen molar-refractivity contribution in [3.05, 3.63) is 65.7 Å². The molecule has 1 atom stereocenters. The van der Waals surface area contributed by atoms with Crippen LogP contribution in [-0.4, -0.2) is 49.2 Å². The lowest BCUT2D eigenvalue weighted by Gasteiger charge is -2.37. The number of carbonyl (C=O) groups excluding carboxylic acids is 1. The number of oxazole rings is 1. The first-order chi connectivity index (χ1) is 17.7. The van der Waals surface area contributed by atoms with Gasteiger partial charge >= 0.3 is 12.2 Å². The predicted octanol–water partition coefficient (Wildman–Crippen LogP) is 6.05. The number of nitrogens with zero attached hydrogens (tertiary/aromatic N) is 3. The van der Waals surface area contributed by atoms with Gasteiger partial charge in [-0.05, 0) is 36.2 Å². The van der Waals surface area contributed by atoms with Gasteiger partial charge in [-0.3, -0.25) is 0 Å². The molecule has 1 fully saturated rings. The number of nitrogens with one attached hydrogen (secondary N) is 1. The maximum absolute atomic E-state index is 13.0. The Morgan fingerprint density at radius 1 is 1.14 bits per heavy atom. The number of hydrogen-bond donors (Lipinski definition) is 1. The van der Waals surface area contributed by atoms with Gasteiger partial charge in [-0.15, -0.1) is 0 Å². The van der Waals surface area contributed by atoms with Gasteiger partial charge in [0.05, 0.1) is 30.5 Å². The third-order valence-corrected chi connectivity index (χ3v) is 6.52. The molecule has 1 aliphatic heterocycles. The summed E-state index contributed by atoms with van der Waals surface area (Å²) in [5, 5.41) is 3.01. The van der Waals surface area contributed by atoms with Crippen molar-refractivity contribution in [2.45, 2.75) is 38.9 Å². The number of ether oxygens (including phenoxy) is 1. The Balaban J connectivity index is 1.38. The van der Waals surface area contributed by atoms with Crippen molar-refractivity contribution in [3.8, 4) is 17.1 Å². The quantitative estimate of drug-likeness (QED) is 0.414. The predicted molar refractivity (Wildman–Crippen MR) is 135 cm³/mol. The highest BCUT2D eigenvalue weighted by atomic mass is 19.4. The fourth-order valence-electron chi connectivity index (χ4n) is 4.49. The summed E-state index contributed by atoms with van der Waals surface area (Å²) >= 11 is 0. The number of anilines is 1. The smallest absolute Gasteiger partial charge is 0.416 e. The summed E-state index contributed by atoms with van der Waals surface area (Å²) in [4.78, 5) is 21.1. The molecule has 0 spiro atoms. The number of halogens is 3. The molecule has 0 aliphatic carbocycles. The average molecular weight is 517 g/mol. The first-order valence-corrected chi connectivity index (χ1v) is 12.3. The van der Waals surface area contributed by atoms with Crippen LogP contribution in [0, 0.1) is 6.92 Å². The number of piperazine rings is 1. The van der Waals surface area contributed by atoms with Crippen LogP contribution in [0.3, 0.4) is 0 Å². The Labute approximate surface area is 214 Å². The van der Waals surface area contributed by atoms with Gasteiger partial charge < -0.3 is 24.3 Å². The maximum Gasteiger partial charge on any atom is 0.416 e. The molecule has 1 aliphatic rings. The average Bonchev–Trinajstić information content (AvgIpc) is 3.33. The van der Waals surface area contributed by atoms with Gasteiger partial charge in [-0.2, -0.15) is 13.2 Å². The van der Waals surface area contributed by atoms with E-state index in [1.807, 2.05) is 25.1 Å². The molecule has 0 saturated carbocycles. The molecule has 1 aromatic heterocycles.